The fourth-order valence-electron chi connectivity index (χ4n) is 13.5. The molecule has 0 N–H and O–H groups in total. The first-order valence-electron chi connectivity index (χ1n) is 26.4. The van der Waals surface area contributed by atoms with Crippen LogP contribution in [0, 0.1) is 0 Å². The molecular weight excluding hydrogens is 949 g/mol. The highest BCUT2D eigenvalue weighted by Gasteiger charge is 2.49. The molecule has 0 bridgehead atoms. The lowest BCUT2D eigenvalue weighted by atomic mass is 9.97. The number of fused-ring (bicyclic) bond motifs is 9. The van der Waals surface area contributed by atoms with Crippen molar-refractivity contribution in [2.75, 3.05) is 0 Å². The van der Waals surface area contributed by atoms with E-state index in [1.54, 1.807) is 0 Å². The molecule has 3 heterocycles. The molecule has 0 fully saturated rings. The van der Waals surface area contributed by atoms with E-state index in [4.69, 9.17) is 0 Å². The maximum Gasteiger partial charge on any atom is 0.180 e. The Morgan fingerprint density at radius 2 is 0.724 bits per heavy atom. The van der Waals surface area contributed by atoms with Gasteiger partial charge in [-0.2, -0.15) is 0 Å². The molecule has 1 aliphatic rings. The fraction of sp³-hybridized carbons (Fsp3) is 0. The molecule has 0 aliphatic carbocycles. The normalized spacial score (nSPS) is 12.8. The van der Waals surface area contributed by atoms with Crippen molar-refractivity contribution in [1.29, 1.82) is 0 Å². The number of para-hydroxylation sites is 2. The summed E-state index contributed by atoms with van der Waals surface area (Å²) in [6, 6.07) is 114. The van der Waals surface area contributed by atoms with Crippen LogP contribution in [0.3, 0.4) is 0 Å². The summed E-state index contributed by atoms with van der Waals surface area (Å²) in [5.74, 6) is 0. The van der Waals surface area contributed by atoms with Gasteiger partial charge in [0.05, 0.1) is 22.1 Å². The van der Waals surface area contributed by atoms with Crippen molar-refractivity contribution in [2.45, 2.75) is 0 Å². The summed E-state index contributed by atoms with van der Waals surface area (Å²) in [4.78, 5) is 0. The highest BCUT2D eigenvalue weighted by atomic mass is 28.3. The van der Waals surface area contributed by atoms with Crippen LogP contribution in [0.1, 0.15) is 0 Å². The first-order valence-corrected chi connectivity index (χ1v) is 30.4. The summed E-state index contributed by atoms with van der Waals surface area (Å²) in [6.45, 7) is 0. The molecule has 0 atom stereocenters. The minimum absolute atomic E-state index is 1.14. The highest BCUT2D eigenvalue weighted by molar-refractivity contribution is 7.22. The van der Waals surface area contributed by atoms with Crippen LogP contribution in [0.15, 0.2) is 303 Å². The Kier molecular flexibility index (Phi) is 10.3. The molecule has 0 unspecified atom stereocenters. The molecule has 14 aromatic rings. The lowest BCUT2D eigenvalue weighted by molar-refractivity contribution is 1.17. The predicted molar refractivity (Wildman–Crippen MR) is 327 cm³/mol. The second-order valence-corrected chi connectivity index (χ2v) is 27.8. The predicted octanol–water partition coefficient (Wildman–Crippen LogP) is 12.3. The molecule has 0 radical (unpaired) electrons. The number of aromatic nitrogens is 2. The average molecular weight is 999 g/mol. The van der Waals surface area contributed by atoms with Crippen LogP contribution in [-0.4, -0.2) is 25.3 Å². The monoisotopic (exact) mass is 998 g/mol. The second-order valence-electron chi connectivity index (χ2n) is 20.3. The Morgan fingerprint density at radius 3 is 1.38 bits per heavy atom. The molecular formula is C72H50N2Si2. The number of benzene rings is 12. The summed E-state index contributed by atoms with van der Waals surface area (Å²) < 4.78 is 4.98. The number of rotatable bonds is 9. The van der Waals surface area contributed by atoms with Crippen LogP contribution in [0.5, 0.6) is 0 Å². The van der Waals surface area contributed by atoms with Gasteiger partial charge in [-0.05, 0) is 112 Å². The van der Waals surface area contributed by atoms with E-state index in [9.17, 15) is 0 Å². The molecule has 4 heteroatoms. The third-order valence-corrected chi connectivity index (χ3v) is 26.2. The smallest absolute Gasteiger partial charge is 0.180 e. The largest absolute Gasteiger partial charge is 0.309 e. The third-order valence-electron chi connectivity index (χ3n) is 16.5. The van der Waals surface area contributed by atoms with E-state index in [2.05, 4.69) is 312 Å². The average Bonchev–Trinajstić information content (AvgIpc) is 4.17. The van der Waals surface area contributed by atoms with Gasteiger partial charge in [0.15, 0.2) is 16.1 Å². The van der Waals surface area contributed by atoms with Crippen LogP contribution in [0.4, 0.5) is 0 Å². The van der Waals surface area contributed by atoms with Gasteiger partial charge in [-0.1, -0.05) is 255 Å². The fourth-order valence-corrected chi connectivity index (χ4v) is 23.5. The van der Waals surface area contributed by atoms with E-state index in [0.717, 1.165) is 11.4 Å². The number of hydrogen-bond acceptors (Lipinski definition) is 0. The van der Waals surface area contributed by atoms with Crippen LogP contribution in [0.25, 0.3) is 77.2 Å². The minimum atomic E-state index is -2.78. The summed E-state index contributed by atoms with van der Waals surface area (Å²) >= 11 is 0. The molecule has 12 aromatic carbocycles. The van der Waals surface area contributed by atoms with Gasteiger partial charge in [0.2, 0.25) is 0 Å². The molecule has 2 aromatic heterocycles. The summed E-state index contributed by atoms with van der Waals surface area (Å²) in [6.07, 6.45) is 0. The lowest BCUT2D eigenvalue weighted by Crippen LogP contribution is -2.74. The van der Waals surface area contributed by atoms with E-state index in [1.807, 2.05) is 0 Å². The van der Waals surface area contributed by atoms with Gasteiger partial charge in [0.1, 0.15) is 0 Å². The zero-order valence-corrected chi connectivity index (χ0v) is 43.8. The molecule has 0 spiro atoms. The first-order chi connectivity index (χ1) is 37.7. The van der Waals surface area contributed by atoms with Crippen LogP contribution < -0.4 is 41.5 Å². The Balaban J connectivity index is 0.917. The summed E-state index contributed by atoms with van der Waals surface area (Å²) in [5.41, 5.74) is 12.2. The van der Waals surface area contributed by atoms with Crippen molar-refractivity contribution >= 4 is 101 Å². The number of nitrogens with zero attached hydrogens (tertiary/aromatic N) is 2. The van der Waals surface area contributed by atoms with Crippen molar-refractivity contribution in [2.24, 2.45) is 0 Å². The molecule has 2 nitrogen and oxygen atoms in total. The molecule has 0 saturated heterocycles. The molecule has 356 valence electrons. The summed E-state index contributed by atoms with van der Waals surface area (Å²) in [5, 5.41) is 16.1. The van der Waals surface area contributed by atoms with Crippen LogP contribution >= 0.6 is 0 Å². The van der Waals surface area contributed by atoms with E-state index in [1.165, 1.54) is 107 Å². The quantitative estimate of drug-likeness (QED) is 0.101. The van der Waals surface area contributed by atoms with Crippen molar-refractivity contribution in [3.63, 3.8) is 0 Å². The van der Waals surface area contributed by atoms with Crippen LogP contribution in [-0.2, 0) is 0 Å². The van der Waals surface area contributed by atoms with Crippen molar-refractivity contribution in [3.8, 4) is 33.6 Å². The van der Waals surface area contributed by atoms with Gasteiger partial charge in [-0.3, -0.25) is 0 Å². The minimum Gasteiger partial charge on any atom is -0.309 e. The SMILES string of the molecule is c1ccc([Si](c2ccccc2)(c2ccccc2)c2cccc(-n3c4ccccc4c4cc(-n5c6ccccc6c6c(-c7ccc8c(c7)[Si](c7ccccc7)(c7ccccc7)c7ccccc7-8)cccc65)ccc43)c2)cc1. The second kappa shape index (κ2) is 17.7. The molecule has 76 heavy (non-hydrogen) atoms. The molecule has 1 aliphatic heterocycles. The maximum atomic E-state index is 2.56. The Bertz CT molecular complexity index is 4370. The zero-order valence-electron chi connectivity index (χ0n) is 41.8. The molecule has 0 amide bonds. The van der Waals surface area contributed by atoms with E-state index in [-0.39, 0.29) is 0 Å². The Labute approximate surface area is 444 Å². The molecule has 0 saturated carbocycles. The van der Waals surface area contributed by atoms with E-state index in [0.29, 0.717) is 0 Å². The highest BCUT2D eigenvalue weighted by Crippen LogP contribution is 2.41. The maximum absolute atomic E-state index is 2.78. The van der Waals surface area contributed by atoms with Gasteiger partial charge in [0.25, 0.3) is 0 Å². The van der Waals surface area contributed by atoms with Gasteiger partial charge in [0, 0.05) is 32.9 Å². The molecule has 15 rings (SSSR count). The Morgan fingerprint density at radius 1 is 0.263 bits per heavy atom. The lowest BCUT2D eigenvalue weighted by Gasteiger charge is -2.34. The van der Waals surface area contributed by atoms with E-state index < -0.39 is 16.1 Å². The van der Waals surface area contributed by atoms with Crippen molar-refractivity contribution in [3.05, 3.63) is 303 Å². The number of hydrogen-bond donors (Lipinski definition) is 0. The summed E-state index contributed by atoms with van der Waals surface area (Å²) in [7, 11) is -5.47. The topological polar surface area (TPSA) is 9.86 Å². The van der Waals surface area contributed by atoms with Gasteiger partial charge >= 0.3 is 0 Å². The van der Waals surface area contributed by atoms with E-state index >= 15 is 0 Å². The standard InChI is InChI=1S/C72H50N2Si2/c1-6-25-54(26-7-1)75(55-27-8-2-9-28-55,56-29-10-3-11-30-56)59-35-22-24-52(49-59)73-66-40-19-16-36-61(66)65-50-53(45-47-68(65)73)74-67-41-20-17-38-64(67)72-60(39-23-42-69(72)74)51-44-46-63-62-37-18-21-43-70(62)76(71(63)48-51,57-31-12-4-13-32-57)58-33-14-5-15-34-58/h1-50H. The van der Waals surface area contributed by atoms with Crippen molar-refractivity contribution < 1.29 is 0 Å². The third kappa shape index (κ3) is 6.45. The van der Waals surface area contributed by atoms with Crippen LogP contribution in [0.2, 0.25) is 0 Å². The van der Waals surface area contributed by atoms with Gasteiger partial charge in [-0.15, -0.1) is 0 Å². The Hall–Kier alpha value is -9.33. The van der Waals surface area contributed by atoms with Gasteiger partial charge in [-0.25, -0.2) is 0 Å². The first kappa shape index (κ1) is 44.2. The zero-order chi connectivity index (χ0) is 50.2. The van der Waals surface area contributed by atoms with Crippen molar-refractivity contribution in [1.82, 2.24) is 9.13 Å². The van der Waals surface area contributed by atoms with Gasteiger partial charge < -0.3 is 9.13 Å².